The summed E-state index contributed by atoms with van der Waals surface area (Å²) >= 11 is 0. The number of nitrogens with zero attached hydrogens (tertiary/aromatic N) is 1. The van der Waals surface area contributed by atoms with Gasteiger partial charge in [0.05, 0.1) is 5.52 Å². The van der Waals surface area contributed by atoms with E-state index in [-0.39, 0.29) is 17.4 Å². The number of hydrogen-bond donors (Lipinski definition) is 0. The van der Waals surface area contributed by atoms with Gasteiger partial charge in [0.25, 0.3) is 0 Å². The highest BCUT2D eigenvalue weighted by Crippen LogP contribution is 2.32. The normalized spacial score (nSPS) is 10.3. The zero-order valence-electron chi connectivity index (χ0n) is 9.97. The summed E-state index contributed by atoms with van der Waals surface area (Å²) in [6.45, 7) is 2.59. The fraction of sp³-hybridized carbons (Fsp3) is 0.154. The van der Waals surface area contributed by atoms with Crippen molar-refractivity contribution in [2.24, 2.45) is 0 Å². The number of benzene rings is 1. The van der Waals surface area contributed by atoms with E-state index in [1.807, 2.05) is 0 Å². The maximum absolute atomic E-state index is 11.6. The van der Waals surface area contributed by atoms with Crippen molar-refractivity contribution in [2.45, 2.75) is 13.8 Å². The molecule has 0 fully saturated rings. The van der Waals surface area contributed by atoms with Crippen LogP contribution in [-0.4, -0.2) is 22.7 Å². The first-order chi connectivity index (χ1) is 8.56. The molecule has 0 spiro atoms. The molecule has 5 heteroatoms. The van der Waals surface area contributed by atoms with E-state index in [2.05, 4.69) is 0 Å². The Morgan fingerprint density at radius 2 is 1.89 bits per heavy atom. The van der Waals surface area contributed by atoms with Gasteiger partial charge in [-0.25, -0.2) is 0 Å². The van der Waals surface area contributed by atoms with Crippen LogP contribution in [0.25, 0.3) is 10.9 Å². The molecule has 1 aromatic carbocycles. The van der Waals surface area contributed by atoms with Crippen LogP contribution in [0.5, 0.6) is 5.75 Å². The number of ether oxygens (including phenoxy) is 1. The van der Waals surface area contributed by atoms with Crippen molar-refractivity contribution in [3.8, 4) is 5.75 Å². The topological polar surface area (TPSA) is 65.4 Å². The summed E-state index contributed by atoms with van der Waals surface area (Å²) in [5, 5.41) is 0.560. The van der Waals surface area contributed by atoms with E-state index < -0.39 is 5.97 Å². The van der Waals surface area contributed by atoms with E-state index in [0.717, 1.165) is 0 Å². The molecule has 0 N–H and O–H groups in total. The summed E-state index contributed by atoms with van der Waals surface area (Å²) < 4.78 is 6.27. The quantitative estimate of drug-likeness (QED) is 0.600. The molecule has 0 saturated carbocycles. The predicted molar refractivity (Wildman–Crippen MR) is 64.9 cm³/mol. The van der Waals surface area contributed by atoms with Crippen molar-refractivity contribution in [1.29, 1.82) is 0 Å². The van der Waals surface area contributed by atoms with E-state index in [9.17, 15) is 14.4 Å². The van der Waals surface area contributed by atoms with E-state index in [1.54, 1.807) is 24.3 Å². The van der Waals surface area contributed by atoms with Gasteiger partial charge in [0, 0.05) is 19.2 Å². The van der Waals surface area contributed by atoms with Crippen LogP contribution in [0.1, 0.15) is 29.1 Å². The first kappa shape index (κ1) is 12.0. The van der Waals surface area contributed by atoms with E-state index in [0.29, 0.717) is 17.2 Å². The molecule has 0 bridgehead atoms. The molecule has 1 heterocycles. The van der Waals surface area contributed by atoms with Crippen LogP contribution in [-0.2, 0) is 4.79 Å². The molecule has 0 unspecified atom stereocenters. The average molecular weight is 245 g/mol. The maximum atomic E-state index is 11.6. The highest BCUT2D eigenvalue weighted by molar-refractivity contribution is 6.04. The second-order valence-electron chi connectivity index (χ2n) is 3.80. The Morgan fingerprint density at radius 1 is 1.22 bits per heavy atom. The van der Waals surface area contributed by atoms with Crippen LogP contribution in [0.4, 0.5) is 0 Å². The van der Waals surface area contributed by atoms with Gasteiger partial charge in [-0.05, 0) is 12.1 Å². The molecule has 1 aromatic heterocycles. The lowest BCUT2D eigenvalue weighted by Gasteiger charge is -2.01. The molecular formula is C13H11NO4. The van der Waals surface area contributed by atoms with Crippen molar-refractivity contribution < 1.29 is 19.1 Å². The third kappa shape index (κ3) is 1.79. The first-order valence-electron chi connectivity index (χ1n) is 5.34. The minimum atomic E-state index is -0.537. The van der Waals surface area contributed by atoms with Crippen molar-refractivity contribution in [2.75, 3.05) is 0 Å². The second kappa shape index (κ2) is 4.44. The predicted octanol–water partition coefficient (Wildman–Crippen LogP) is 2.04. The van der Waals surface area contributed by atoms with E-state index in [4.69, 9.17) is 4.74 Å². The fourth-order valence-corrected chi connectivity index (χ4v) is 1.93. The highest BCUT2D eigenvalue weighted by atomic mass is 16.5. The van der Waals surface area contributed by atoms with Gasteiger partial charge in [0.15, 0.2) is 12.0 Å². The lowest BCUT2D eigenvalue weighted by molar-refractivity contribution is -0.131. The van der Waals surface area contributed by atoms with Gasteiger partial charge in [0.1, 0.15) is 5.69 Å². The lowest BCUT2D eigenvalue weighted by atomic mass is 10.2. The molecule has 0 saturated heterocycles. The zero-order chi connectivity index (χ0) is 13.3. The zero-order valence-corrected chi connectivity index (χ0v) is 9.97. The Kier molecular flexibility index (Phi) is 2.97. The van der Waals surface area contributed by atoms with E-state index >= 15 is 0 Å². The van der Waals surface area contributed by atoms with Crippen molar-refractivity contribution in [1.82, 2.24) is 4.57 Å². The molecule has 92 valence electrons. The molecule has 0 amide bonds. The van der Waals surface area contributed by atoms with Gasteiger partial charge in [-0.2, -0.15) is 0 Å². The Balaban J connectivity index is 2.86. The average Bonchev–Trinajstić information content (AvgIpc) is 2.63. The van der Waals surface area contributed by atoms with Gasteiger partial charge in [-0.1, -0.05) is 12.1 Å². The molecule has 0 atom stereocenters. The minimum absolute atomic E-state index is 0.0545. The molecular weight excluding hydrogens is 234 g/mol. The highest BCUT2D eigenvalue weighted by Gasteiger charge is 2.21. The monoisotopic (exact) mass is 245 g/mol. The molecule has 5 nitrogen and oxygen atoms in total. The summed E-state index contributed by atoms with van der Waals surface area (Å²) in [5.74, 6) is -0.723. The Bertz CT molecular complexity index is 654. The van der Waals surface area contributed by atoms with Gasteiger partial charge < -0.3 is 4.74 Å². The standard InChI is InChI=1S/C13H11NO4/c1-8(16)14-11-6-4-3-5-10(11)13(12(14)7-15)18-9(2)17/h3-7H,1-2H3. The number of aldehydes is 1. The number of para-hydroxylation sites is 1. The first-order valence-corrected chi connectivity index (χ1v) is 5.34. The Hall–Kier alpha value is -2.43. The van der Waals surface area contributed by atoms with Crippen LogP contribution in [0, 0.1) is 0 Å². The molecule has 2 rings (SSSR count). The van der Waals surface area contributed by atoms with Crippen molar-refractivity contribution in [3.05, 3.63) is 30.0 Å². The lowest BCUT2D eigenvalue weighted by Crippen LogP contribution is -2.10. The fourth-order valence-electron chi connectivity index (χ4n) is 1.93. The largest absolute Gasteiger partial charge is 0.424 e. The van der Waals surface area contributed by atoms with Crippen LogP contribution in [0.3, 0.4) is 0 Å². The van der Waals surface area contributed by atoms with Gasteiger partial charge in [-0.15, -0.1) is 0 Å². The van der Waals surface area contributed by atoms with Crippen LogP contribution in [0.15, 0.2) is 24.3 Å². The van der Waals surface area contributed by atoms with Gasteiger partial charge >= 0.3 is 5.97 Å². The SMILES string of the molecule is CC(=O)Oc1c(C=O)n(C(C)=O)c2ccccc12. The minimum Gasteiger partial charge on any atom is -0.424 e. The third-order valence-electron chi connectivity index (χ3n) is 2.54. The summed E-state index contributed by atoms with van der Waals surface area (Å²) in [6.07, 6.45) is 0.514. The van der Waals surface area contributed by atoms with Crippen molar-refractivity contribution in [3.63, 3.8) is 0 Å². The summed E-state index contributed by atoms with van der Waals surface area (Å²) in [6, 6.07) is 6.87. The summed E-state index contributed by atoms with van der Waals surface area (Å²) in [5.41, 5.74) is 0.599. The third-order valence-corrected chi connectivity index (χ3v) is 2.54. The number of rotatable bonds is 2. The number of esters is 1. The molecule has 0 aliphatic rings. The van der Waals surface area contributed by atoms with Crippen LogP contribution < -0.4 is 4.74 Å². The Morgan fingerprint density at radius 3 is 2.44 bits per heavy atom. The number of aromatic nitrogens is 1. The molecule has 2 aromatic rings. The molecule has 0 radical (unpaired) electrons. The number of fused-ring (bicyclic) bond motifs is 1. The van der Waals surface area contributed by atoms with Crippen LogP contribution in [0.2, 0.25) is 0 Å². The summed E-state index contributed by atoms with van der Waals surface area (Å²) in [4.78, 5) is 33.8. The second-order valence-corrected chi connectivity index (χ2v) is 3.80. The number of carbonyl (C=O) groups excluding carboxylic acids is 3. The molecule has 0 aliphatic carbocycles. The van der Waals surface area contributed by atoms with Gasteiger partial charge in [-0.3, -0.25) is 19.0 Å². The van der Waals surface area contributed by atoms with Crippen LogP contribution >= 0.6 is 0 Å². The van der Waals surface area contributed by atoms with E-state index in [1.165, 1.54) is 18.4 Å². The smallest absolute Gasteiger partial charge is 0.308 e. The number of hydrogen-bond acceptors (Lipinski definition) is 4. The Labute approximate surface area is 103 Å². The maximum Gasteiger partial charge on any atom is 0.308 e. The summed E-state index contributed by atoms with van der Waals surface area (Å²) in [7, 11) is 0. The molecule has 0 aliphatic heterocycles. The van der Waals surface area contributed by atoms with Gasteiger partial charge in [0.2, 0.25) is 5.91 Å². The van der Waals surface area contributed by atoms with Crippen molar-refractivity contribution >= 4 is 29.1 Å². The molecule has 18 heavy (non-hydrogen) atoms. The number of carbonyl (C=O) groups is 3.